The number of para-hydroxylation sites is 2. The van der Waals surface area contributed by atoms with Crippen molar-refractivity contribution in [3.63, 3.8) is 0 Å². The maximum absolute atomic E-state index is 12.8. The predicted molar refractivity (Wildman–Crippen MR) is 103 cm³/mol. The number of methoxy groups -OCH3 is 1. The molecule has 8 nitrogen and oxygen atoms in total. The number of hydrogen-bond donors (Lipinski definition) is 1. The lowest BCUT2D eigenvalue weighted by atomic mass is 9.91. The second kappa shape index (κ2) is 8.00. The number of hydrogen-bond acceptors (Lipinski definition) is 5. The van der Waals surface area contributed by atoms with E-state index in [9.17, 15) is 9.59 Å². The quantitative estimate of drug-likeness (QED) is 0.852. The highest BCUT2D eigenvalue weighted by Crippen LogP contribution is 2.33. The lowest BCUT2D eigenvalue weighted by Crippen LogP contribution is -2.42. The predicted octanol–water partition coefficient (Wildman–Crippen LogP) is 1.94. The first-order valence-corrected chi connectivity index (χ1v) is 9.73. The molecule has 4 rings (SSSR count). The van der Waals surface area contributed by atoms with Crippen LogP contribution in [0.1, 0.15) is 38.1 Å². The van der Waals surface area contributed by atoms with Gasteiger partial charge in [0.25, 0.3) is 0 Å². The lowest BCUT2D eigenvalue weighted by molar-refractivity contribution is -0.127. The Morgan fingerprint density at radius 1 is 1.21 bits per heavy atom. The monoisotopic (exact) mass is 383 g/mol. The number of aromatic nitrogens is 3. The number of carbonyl (C=O) groups is 2. The summed E-state index contributed by atoms with van der Waals surface area (Å²) < 4.78 is 7.26. The van der Waals surface area contributed by atoms with Crippen molar-refractivity contribution in [3.05, 3.63) is 36.9 Å². The summed E-state index contributed by atoms with van der Waals surface area (Å²) in [7, 11) is 1.58. The molecular weight excluding hydrogens is 358 g/mol. The van der Waals surface area contributed by atoms with Gasteiger partial charge in [0.15, 0.2) is 0 Å². The Kier molecular flexibility index (Phi) is 5.27. The molecule has 1 saturated carbocycles. The first-order valence-electron chi connectivity index (χ1n) is 9.73. The van der Waals surface area contributed by atoms with Gasteiger partial charge in [-0.3, -0.25) is 9.59 Å². The molecule has 2 amide bonds. The summed E-state index contributed by atoms with van der Waals surface area (Å²) in [6.07, 6.45) is 7.29. The summed E-state index contributed by atoms with van der Waals surface area (Å²) in [6, 6.07) is 7.91. The molecule has 2 aliphatic rings. The molecule has 1 aromatic heterocycles. The molecule has 1 aliphatic carbocycles. The van der Waals surface area contributed by atoms with Crippen molar-refractivity contribution in [3.8, 4) is 5.75 Å². The van der Waals surface area contributed by atoms with Gasteiger partial charge in [-0.25, -0.2) is 9.67 Å². The first kappa shape index (κ1) is 18.5. The van der Waals surface area contributed by atoms with Gasteiger partial charge in [0, 0.05) is 19.0 Å². The van der Waals surface area contributed by atoms with E-state index in [1.807, 2.05) is 28.9 Å². The van der Waals surface area contributed by atoms with E-state index in [1.165, 1.54) is 0 Å². The number of nitrogens with one attached hydrogen (secondary N) is 1. The highest BCUT2D eigenvalue weighted by atomic mass is 16.5. The van der Waals surface area contributed by atoms with E-state index < -0.39 is 0 Å². The summed E-state index contributed by atoms with van der Waals surface area (Å²) in [5, 5.41) is 7.37. The molecule has 148 valence electrons. The highest BCUT2D eigenvalue weighted by molar-refractivity contribution is 6.01. The Hall–Kier alpha value is -2.90. The topological polar surface area (TPSA) is 89.3 Å². The molecule has 1 unspecified atom stereocenters. The van der Waals surface area contributed by atoms with Crippen LogP contribution in [0.5, 0.6) is 5.75 Å². The van der Waals surface area contributed by atoms with Crippen LogP contribution in [-0.2, 0) is 9.59 Å². The number of ether oxygens (including phenoxy) is 1. The standard InChI is InChI=1S/C20H25N5O3/c1-28-18-5-3-2-4-17(18)24-11-14(10-19(24)26)20(27)23-15-6-8-16(9-7-15)25-13-21-12-22-25/h2-5,12-16H,6-11H2,1H3,(H,23,27). The van der Waals surface area contributed by atoms with Gasteiger partial charge in [0.2, 0.25) is 11.8 Å². The maximum Gasteiger partial charge on any atom is 0.227 e. The largest absolute Gasteiger partial charge is 0.495 e. The second-order valence-electron chi connectivity index (χ2n) is 7.47. The van der Waals surface area contributed by atoms with Gasteiger partial charge in [-0.15, -0.1) is 0 Å². The van der Waals surface area contributed by atoms with Gasteiger partial charge >= 0.3 is 0 Å². The molecule has 1 aliphatic heterocycles. The lowest BCUT2D eigenvalue weighted by Gasteiger charge is -2.29. The van der Waals surface area contributed by atoms with E-state index in [-0.39, 0.29) is 30.2 Å². The fourth-order valence-corrected chi connectivity index (χ4v) is 4.18. The Balaban J connectivity index is 1.33. The molecule has 28 heavy (non-hydrogen) atoms. The SMILES string of the molecule is COc1ccccc1N1CC(C(=O)NC2CCC(n3cncn3)CC2)CC1=O. The molecule has 1 saturated heterocycles. The molecule has 1 atom stereocenters. The first-order chi connectivity index (χ1) is 13.7. The van der Waals surface area contributed by atoms with Crippen LogP contribution < -0.4 is 15.0 Å². The van der Waals surface area contributed by atoms with Crippen LogP contribution in [0.25, 0.3) is 0 Å². The van der Waals surface area contributed by atoms with Crippen molar-refractivity contribution in [1.29, 1.82) is 0 Å². The minimum absolute atomic E-state index is 0.0325. The van der Waals surface area contributed by atoms with Crippen LogP contribution in [0, 0.1) is 5.92 Å². The fraction of sp³-hybridized carbons (Fsp3) is 0.500. The molecule has 0 spiro atoms. The van der Waals surface area contributed by atoms with E-state index >= 15 is 0 Å². The van der Waals surface area contributed by atoms with E-state index in [0.29, 0.717) is 18.3 Å². The van der Waals surface area contributed by atoms with Crippen LogP contribution in [0.15, 0.2) is 36.9 Å². The minimum atomic E-state index is -0.328. The molecule has 0 bridgehead atoms. The third kappa shape index (κ3) is 3.72. The van der Waals surface area contributed by atoms with E-state index in [2.05, 4.69) is 15.4 Å². The van der Waals surface area contributed by atoms with E-state index in [1.54, 1.807) is 24.7 Å². The van der Waals surface area contributed by atoms with Crippen LogP contribution in [0.2, 0.25) is 0 Å². The maximum atomic E-state index is 12.8. The van der Waals surface area contributed by atoms with Crippen LogP contribution >= 0.6 is 0 Å². The smallest absolute Gasteiger partial charge is 0.227 e. The molecule has 0 radical (unpaired) electrons. The van der Waals surface area contributed by atoms with Crippen LogP contribution in [0.3, 0.4) is 0 Å². The van der Waals surface area contributed by atoms with Crippen molar-refractivity contribution in [2.24, 2.45) is 5.92 Å². The Morgan fingerprint density at radius 2 is 2.00 bits per heavy atom. The van der Waals surface area contributed by atoms with Gasteiger partial charge in [0.05, 0.1) is 24.8 Å². The molecule has 1 N–H and O–H groups in total. The summed E-state index contributed by atoms with van der Waals surface area (Å²) in [5.74, 6) is 0.239. The van der Waals surface area contributed by atoms with Gasteiger partial charge in [-0.2, -0.15) is 5.10 Å². The van der Waals surface area contributed by atoms with Crippen molar-refractivity contribution in [2.45, 2.75) is 44.2 Å². The Morgan fingerprint density at radius 3 is 2.71 bits per heavy atom. The molecule has 8 heteroatoms. The summed E-state index contributed by atoms with van der Waals surface area (Å²) in [6.45, 7) is 0.388. The van der Waals surface area contributed by atoms with Crippen LogP contribution in [0.4, 0.5) is 5.69 Å². The molecule has 2 heterocycles. The molecule has 2 fully saturated rings. The average molecular weight is 383 g/mol. The highest BCUT2D eigenvalue weighted by Gasteiger charge is 2.37. The van der Waals surface area contributed by atoms with Crippen molar-refractivity contribution >= 4 is 17.5 Å². The van der Waals surface area contributed by atoms with Crippen LogP contribution in [-0.4, -0.2) is 46.3 Å². The zero-order valence-corrected chi connectivity index (χ0v) is 16.0. The van der Waals surface area contributed by atoms with Crippen molar-refractivity contribution in [2.75, 3.05) is 18.6 Å². The number of amides is 2. The van der Waals surface area contributed by atoms with Gasteiger partial charge in [0.1, 0.15) is 18.4 Å². The zero-order chi connectivity index (χ0) is 19.5. The number of rotatable bonds is 5. The summed E-state index contributed by atoms with van der Waals surface area (Å²) in [5.41, 5.74) is 0.721. The second-order valence-corrected chi connectivity index (χ2v) is 7.47. The fourth-order valence-electron chi connectivity index (χ4n) is 4.18. The summed E-state index contributed by atoms with van der Waals surface area (Å²) >= 11 is 0. The summed E-state index contributed by atoms with van der Waals surface area (Å²) in [4.78, 5) is 30.9. The third-order valence-corrected chi connectivity index (χ3v) is 5.73. The van der Waals surface area contributed by atoms with Crippen molar-refractivity contribution < 1.29 is 14.3 Å². The van der Waals surface area contributed by atoms with Gasteiger partial charge < -0.3 is 15.0 Å². The minimum Gasteiger partial charge on any atom is -0.495 e. The van der Waals surface area contributed by atoms with E-state index in [0.717, 1.165) is 31.4 Å². The van der Waals surface area contributed by atoms with Gasteiger partial charge in [-0.1, -0.05) is 12.1 Å². The number of nitrogens with zero attached hydrogens (tertiary/aromatic N) is 4. The molecular formula is C20H25N5O3. The number of anilines is 1. The van der Waals surface area contributed by atoms with Gasteiger partial charge in [-0.05, 0) is 37.8 Å². The average Bonchev–Trinajstić information content (AvgIpc) is 3.38. The normalized spacial score (nSPS) is 25.0. The van der Waals surface area contributed by atoms with E-state index in [4.69, 9.17) is 4.74 Å². The Bertz CT molecular complexity index is 830. The van der Waals surface area contributed by atoms with Crippen molar-refractivity contribution in [1.82, 2.24) is 20.1 Å². The number of benzene rings is 1. The third-order valence-electron chi connectivity index (χ3n) is 5.73. The molecule has 2 aromatic rings. The zero-order valence-electron chi connectivity index (χ0n) is 16.0. The molecule has 1 aromatic carbocycles. The Labute approximate surface area is 163 Å². The number of carbonyl (C=O) groups excluding carboxylic acids is 2.